The number of hydrogen-bond acceptors (Lipinski definition) is 7. The average Bonchev–Trinajstić information content (AvgIpc) is 3.34. The van der Waals surface area contributed by atoms with Gasteiger partial charge in [0.25, 0.3) is 0 Å². The Labute approximate surface area is 195 Å². The van der Waals surface area contributed by atoms with Crippen LogP contribution in [0.1, 0.15) is 64.1 Å². The van der Waals surface area contributed by atoms with Crippen molar-refractivity contribution in [3.8, 4) is 0 Å². The lowest BCUT2D eigenvalue weighted by atomic mass is 10.1. The van der Waals surface area contributed by atoms with Crippen molar-refractivity contribution in [3.63, 3.8) is 0 Å². The lowest BCUT2D eigenvalue weighted by Gasteiger charge is -2.29. The summed E-state index contributed by atoms with van der Waals surface area (Å²) in [5.74, 6) is -0.740. The fraction of sp³-hybridized carbons (Fsp3) is 0.609. The van der Waals surface area contributed by atoms with Gasteiger partial charge in [-0.15, -0.1) is 0 Å². The summed E-state index contributed by atoms with van der Waals surface area (Å²) in [6, 6.07) is 3.79. The average molecular weight is 473 g/mol. The Morgan fingerprint density at radius 1 is 1.03 bits per heavy atom. The second-order valence-corrected chi connectivity index (χ2v) is 7.34. The number of aliphatic carboxylic acids is 2. The molecule has 2 rings (SSSR count). The van der Waals surface area contributed by atoms with E-state index in [-0.39, 0.29) is 18.7 Å². The summed E-state index contributed by atoms with van der Waals surface area (Å²) < 4.78 is 4.83. The van der Waals surface area contributed by atoms with E-state index in [1.807, 2.05) is 19.1 Å². The summed E-state index contributed by atoms with van der Waals surface area (Å²) in [5, 5.41) is 33.4. The molecule has 10 heteroatoms. The number of carboxylic acids is 2. The van der Waals surface area contributed by atoms with E-state index in [4.69, 9.17) is 25.5 Å². The van der Waals surface area contributed by atoms with Crippen LogP contribution in [0.4, 0.5) is 0 Å². The molecular weight excluding hydrogens is 432 g/mol. The van der Waals surface area contributed by atoms with Gasteiger partial charge >= 0.3 is 11.9 Å². The van der Waals surface area contributed by atoms with E-state index < -0.39 is 17.7 Å². The molecule has 2 heterocycles. The predicted octanol–water partition coefficient (Wildman–Crippen LogP) is 2.52. The van der Waals surface area contributed by atoms with Gasteiger partial charge in [0, 0.05) is 32.6 Å². The number of nitrogens with two attached hydrogens (primary N) is 1. The first-order valence-corrected chi connectivity index (χ1v) is 10.9. The fourth-order valence-electron chi connectivity index (χ4n) is 2.65. The predicted molar refractivity (Wildman–Crippen MR) is 124 cm³/mol. The molecule has 10 nitrogen and oxygen atoms in total. The van der Waals surface area contributed by atoms with Crippen molar-refractivity contribution in [1.29, 1.82) is 0 Å². The number of nitrogens with zero attached hydrogens (tertiary/aromatic N) is 1. The third-order valence-corrected chi connectivity index (χ3v) is 4.38. The lowest BCUT2D eigenvalue weighted by Crippen LogP contribution is -2.44. The molecule has 33 heavy (non-hydrogen) atoms. The van der Waals surface area contributed by atoms with Crippen molar-refractivity contribution in [2.45, 2.75) is 70.9 Å². The molecule has 1 amide bonds. The first-order valence-electron chi connectivity index (χ1n) is 10.9. The van der Waals surface area contributed by atoms with E-state index in [0.29, 0.717) is 25.9 Å². The van der Waals surface area contributed by atoms with E-state index in [9.17, 15) is 19.5 Å². The summed E-state index contributed by atoms with van der Waals surface area (Å²) >= 11 is 0. The molecule has 1 atom stereocenters. The minimum absolute atomic E-state index is 0.155. The number of amides is 1. The molecule has 0 aromatic carbocycles. The number of carboxylic acid groups (broad SMARTS) is 2. The molecule has 1 unspecified atom stereocenters. The van der Waals surface area contributed by atoms with Crippen molar-refractivity contribution in [2.75, 3.05) is 20.2 Å². The van der Waals surface area contributed by atoms with Crippen LogP contribution >= 0.6 is 0 Å². The Hall–Kier alpha value is -2.69. The smallest absolute Gasteiger partial charge is 0.303 e. The molecule has 0 bridgehead atoms. The third kappa shape index (κ3) is 18.6. The Balaban J connectivity index is 0. The quantitative estimate of drug-likeness (QED) is 0.303. The van der Waals surface area contributed by atoms with Gasteiger partial charge in [0.2, 0.25) is 5.91 Å². The van der Waals surface area contributed by atoms with Crippen LogP contribution in [0.3, 0.4) is 0 Å². The van der Waals surface area contributed by atoms with Gasteiger partial charge in [-0.2, -0.15) is 0 Å². The highest BCUT2D eigenvalue weighted by molar-refractivity contribution is 5.91. The van der Waals surface area contributed by atoms with Crippen LogP contribution in [0.25, 0.3) is 0 Å². The highest BCUT2D eigenvalue weighted by Crippen LogP contribution is 2.21. The first kappa shape index (κ1) is 32.5. The van der Waals surface area contributed by atoms with Gasteiger partial charge in [-0.25, -0.2) is 0 Å². The Morgan fingerprint density at radius 2 is 1.58 bits per heavy atom. The molecule has 6 N–H and O–H groups in total. The number of hydrogen-bond donors (Lipinski definition) is 5. The van der Waals surface area contributed by atoms with Crippen LogP contribution in [-0.2, 0) is 14.4 Å². The fourth-order valence-corrected chi connectivity index (χ4v) is 2.65. The molecule has 0 saturated carbocycles. The summed E-state index contributed by atoms with van der Waals surface area (Å²) in [6.07, 6.45) is 9.60. The van der Waals surface area contributed by atoms with Crippen LogP contribution < -0.4 is 5.73 Å². The largest absolute Gasteiger partial charge is 0.481 e. The molecule has 190 valence electrons. The molecule has 0 saturated heterocycles. The van der Waals surface area contributed by atoms with Gasteiger partial charge in [0.05, 0.1) is 6.26 Å². The van der Waals surface area contributed by atoms with E-state index in [0.717, 1.165) is 38.6 Å². The Morgan fingerprint density at radius 3 is 1.91 bits per heavy atom. The minimum Gasteiger partial charge on any atom is -0.481 e. The van der Waals surface area contributed by atoms with E-state index >= 15 is 0 Å². The molecular formula is C23H40N2O8. The molecule has 1 aliphatic heterocycles. The topological polar surface area (TPSA) is 175 Å². The van der Waals surface area contributed by atoms with Gasteiger partial charge in [-0.3, -0.25) is 14.4 Å². The summed E-state index contributed by atoms with van der Waals surface area (Å²) in [5.41, 5.74) is 4.01. The maximum Gasteiger partial charge on any atom is 0.303 e. The summed E-state index contributed by atoms with van der Waals surface area (Å²) in [6.45, 7) is 4.60. The number of aliphatic hydroxyl groups excluding tert-OH is 1. The van der Waals surface area contributed by atoms with Crippen LogP contribution in [0.5, 0.6) is 0 Å². The maximum absolute atomic E-state index is 11.3. The molecule has 1 aromatic heterocycles. The normalized spacial score (nSPS) is 16.1. The van der Waals surface area contributed by atoms with Crippen LogP contribution in [0.2, 0.25) is 0 Å². The van der Waals surface area contributed by atoms with Crippen LogP contribution in [0.15, 0.2) is 35.0 Å². The van der Waals surface area contributed by atoms with Crippen molar-refractivity contribution in [1.82, 2.24) is 4.90 Å². The van der Waals surface area contributed by atoms with Crippen LogP contribution in [0, 0.1) is 6.92 Å². The zero-order valence-corrected chi connectivity index (χ0v) is 19.9. The van der Waals surface area contributed by atoms with Crippen molar-refractivity contribution in [2.24, 2.45) is 5.73 Å². The number of carbonyl (C=O) groups is 3. The van der Waals surface area contributed by atoms with Gasteiger partial charge in [-0.1, -0.05) is 12.8 Å². The van der Waals surface area contributed by atoms with Gasteiger partial charge in [0.15, 0.2) is 5.72 Å². The standard InChI is InChI=1S/C11H17NO4.C6H13NO2.C5H6O.CH4O/c1-11(16)7-6-9(13)12(11)8-4-2-3-5-10(14)15;7-5-3-1-2-4-6(8)9;1-5-3-2-4-6-5;1-2/h6-7,16H,2-5,8H2,1H3,(H,14,15);1-5,7H2,(H,8,9);2-4H,1H3;2H,1H3. The SMILES string of the molecule is CC1(O)C=CC(=O)N1CCCCCC(=O)O.CO.Cc1ccco1.NCCCCCC(=O)O. The molecule has 1 aliphatic rings. The zero-order chi connectivity index (χ0) is 25.7. The highest BCUT2D eigenvalue weighted by atomic mass is 16.4. The van der Waals surface area contributed by atoms with Crippen molar-refractivity contribution >= 4 is 17.8 Å². The number of unbranched alkanes of at least 4 members (excludes halogenated alkanes) is 4. The second-order valence-electron chi connectivity index (χ2n) is 7.34. The van der Waals surface area contributed by atoms with Crippen LogP contribution in [-0.4, -0.2) is 69.1 Å². The van der Waals surface area contributed by atoms with Gasteiger partial charge < -0.3 is 35.5 Å². The summed E-state index contributed by atoms with van der Waals surface area (Å²) in [4.78, 5) is 32.9. The molecule has 1 aromatic rings. The summed E-state index contributed by atoms with van der Waals surface area (Å²) in [7, 11) is 1.00. The molecule has 0 fully saturated rings. The molecule has 0 radical (unpaired) electrons. The number of aliphatic hydroxyl groups is 2. The minimum atomic E-state index is -1.19. The number of furan rings is 1. The number of aryl methyl sites for hydroxylation is 1. The zero-order valence-electron chi connectivity index (χ0n) is 19.9. The van der Waals surface area contributed by atoms with E-state index in [1.165, 1.54) is 17.1 Å². The second kappa shape index (κ2) is 20.0. The molecule has 0 spiro atoms. The van der Waals surface area contributed by atoms with Crippen molar-refractivity contribution in [3.05, 3.63) is 36.3 Å². The molecule has 0 aliphatic carbocycles. The Kier molecular flexibility index (Phi) is 19.6. The van der Waals surface area contributed by atoms with E-state index in [2.05, 4.69) is 0 Å². The highest BCUT2D eigenvalue weighted by Gasteiger charge is 2.33. The van der Waals surface area contributed by atoms with Crippen molar-refractivity contribution < 1.29 is 39.2 Å². The maximum atomic E-state index is 11.3. The first-order chi connectivity index (χ1) is 15.6. The Bertz CT molecular complexity index is 672. The number of carbonyl (C=O) groups excluding carboxylic acids is 1. The van der Waals surface area contributed by atoms with Gasteiger partial charge in [-0.05, 0) is 64.3 Å². The van der Waals surface area contributed by atoms with Gasteiger partial charge in [0.1, 0.15) is 5.76 Å². The lowest BCUT2D eigenvalue weighted by molar-refractivity contribution is -0.140. The third-order valence-electron chi connectivity index (χ3n) is 4.38. The monoisotopic (exact) mass is 472 g/mol. The van der Waals surface area contributed by atoms with E-state index in [1.54, 1.807) is 13.2 Å². The number of rotatable bonds is 11.